The third-order valence-corrected chi connectivity index (χ3v) is 7.01. The fourth-order valence-electron chi connectivity index (χ4n) is 4.95. The zero-order valence-electron chi connectivity index (χ0n) is 20.5. The number of hydrogen-bond donors (Lipinski definition) is 2. The minimum absolute atomic E-state index is 0.0195. The molecule has 35 heavy (non-hydrogen) atoms. The summed E-state index contributed by atoms with van der Waals surface area (Å²) in [5.41, 5.74) is 6.07. The first-order valence-corrected chi connectivity index (χ1v) is 12.6. The van der Waals surface area contributed by atoms with Crippen molar-refractivity contribution in [2.45, 2.75) is 39.2 Å². The lowest BCUT2D eigenvalue weighted by Crippen LogP contribution is -2.34. The summed E-state index contributed by atoms with van der Waals surface area (Å²) < 4.78 is 0. The molecule has 2 unspecified atom stereocenters. The number of nitrogens with zero attached hydrogens (tertiary/aromatic N) is 1. The van der Waals surface area contributed by atoms with Crippen LogP contribution in [0.3, 0.4) is 0 Å². The predicted molar refractivity (Wildman–Crippen MR) is 141 cm³/mol. The van der Waals surface area contributed by atoms with E-state index in [1.165, 1.54) is 16.7 Å². The summed E-state index contributed by atoms with van der Waals surface area (Å²) in [4.78, 5) is 28.5. The van der Waals surface area contributed by atoms with Gasteiger partial charge >= 0.3 is 0 Å². The van der Waals surface area contributed by atoms with Crippen LogP contribution in [-0.2, 0) is 17.8 Å². The number of hydrogen-bond acceptors (Lipinski definition) is 3. The molecule has 1 aliphatic carbocycles. The molecule has 0 saturated heterocycles. The Morgan fingerprint density at radius 1 is 0.971 bits per heavy atom. The molecule has 180 valence electrons. The smallest absolute Gasteiger partial charge is 0.253 e. The molecule has 5 nitrogen and oxygen atoms in total. The highest BCUT2D eigenvalue weighted by Crippen LogP contribution is 2.48. The molecule has 2 aliphatic rings. The predicted octanol–water partition coefficient (Wildman–Crippen LogP) is 5.38. The summed E-state index contributed by atoms with van der Waals surface area (Å²) in [6, 6.07) is 24.4. The number of carbonyl (C=O) groups is 2. The van der Waals surface area contributed by atoms with E-state index < -0.39 is 0 Å². The Labute approximate surface area is 207 Å². The van der Waals surface area contributed by atoms with Crippen LogP contribution < -0.4 is 15.5 Å². The SMILES string of the molecule is CC(C)CNC(=O)c1cc(NC(=O)C2CC2c2ccccc2)ccc1N1CCc2ccccc2C1. The van der Waals surface area contributed by atoms with Gasteiger partial charge in [0, 0.05) is 36.9 Å². The fraction of sp³-hybridized carbons (Fsp3) is 0.333. The molecular formula is C30H33N3O2. The average Bonchev–Trinajstić information content (AvgIpc) is 3.69. The molecule has 2 atom stereocenters. The number of fused-ring (bicyclic) bond motifs is 1. The average molecular weight is 468 g/mol. The van der Waals surface area contributed by atoms with Gasteiger partial charge in [-0.15, -0.1) is 0 Å². The van der Waals surface area contributed by atoms with Crippen LogP contribution in [0, 0.1) is 11.8 Å². The molecule has 0 aromatic heterocycles. The zero-order chi connectivity index (χ0) is 24.4. The molecule has 2 amide bonds. The number of benzene rings is 3. The summed E-state index contributed by atoms with van der Waals surface area (Å²) in [5.74, 6) is 0.535. The molecule has 3 aromatic carbocycles. The van der Waals surface area contributed by atoms with E-state index in [0.29, 0.717) is 23.7 Å². The van der Waals surface area contributed by atoms with Crippen molar-refractivity contribution >= 4 is 23.2 Å². The Kier molecular flexibility index (Phi) is 6.58. The second kappa shape index (κ2) is 9.95. The number of rotatable bonds is 7. The van der Waals surface area contributed by atoms with E-state index >= 15 is 0 Å². The van der Waals surface area contributed by atoms with Crippen LogP contribution in [0.15, 0.2) is 72.8 Å². The van der Waals surface area contributed by atoms with Crippen molar-refractivity contribution in [2.75, 3.05) is 23.3 Å². The Morgan fingerprint density at radius 3 is 2.49 bits per heavy atom. The van der Waals surface area contributed by atoms with Crippen molar-refractivity contribution in [3.8, 4) is 0 Å². The van der Waals surface area contributed by atoms with Crippen molar-refractivity contribution in [1.82, 2.24) is 5.32 Å². The van der Waals surface area contributed by atoms with Gasteiger partial charge < -0.3 is 15.5 Å². The normalized spacial score (nSPS) is 18.7. The molecule has 1 aliphatic heterocycles. The topological polar surface area (TPSA) is 61.4 Å². The van der Waals surface area contributed by atoms with E-state index in [0.717, 1.165) is 31.6 Å². The molecule has 1 saturated carbocycles. The zero-order valence-corrected chi connectivity index (χ0v) is 20.5. The molecule has 0 radical (unpaired) electrons. The maximum absolute atomic E-state index is 13.2. The van der Waals surface area contributed by atoms with Gasteiger partial charge in [0.2, 0.25) is 5.91 Å². The lowest BCUT2D eigenvalue weighted by atomic mass is 9.98. The molecule has 2 N–H and O–H groups in total. The number of anilines is 2. The molecule has 3 aromatic rings. The molecular weight excluding hydrogens is 434 g/mol. The summed E-state index contributed by atoms with van der Waals surface area (Å²) in [6.45, 7) is 6.40. The Hall–Kier alpha value is -3.60. The highest BCUT2D eigenvalue weighted by molar-refractivity contribution is 6.02. The van der Waals surface area contributed by atoms with Gasteiger partial charge in [-0.25, -0.2) is 0 Å². The maximum atomic E-state index is 13.2. The van der Waals surface area contributed by atoms with Gasteiger partial charge in [0.25, 0.3) is 5.91 Å². The van der Waals surface area contributed by atoms with Gasteiger partial charge in [0.05, 0.1) is 5.56 Å². The number of amides is 2. The van der Waals surface area contributed by atoms with Gasteiger partial charge in [0.15, 0.2) is 0 Å². The molecule has 0 spiro atoms. The van der Waals surface area contributed by atoms with Crippen LogP contribution >= 0.6 is 0 Å². The summed E-state index contributed by atoms with van der Waals surface area (Å²) in [7, 11) is 0. The van der Waals surface area contributed by atoms with Gasteiger partial charge in [-0.1, -0.05) is 68.4 Å². The van der Waals surface area contributed by atoms with Gasteiger partial charge in [-0.3, -0.25) is 9.59 Å². The second-order valence-electron chi connectivity index (χ2n) is 10.1. The first-order chi connectivity index (χ1) is 17.0. The van der Waals surface area contributed by atoms with Gasteiger partial charge in [-0.05, 0) is 59.6 Å². The molecule has 1 heterocycles. The van der Waals surface area contributed by atoms with E-state index in [1.807, 2.05) is 36.4 Å². The van der Waals surface area contributed by atoms with Gasteiger partial charge in [-0.2, -0.15) is 0 Å². The van der Waals surface area contributed by atoms with Crippen molar-refractivity contribution in [1.29, 1.82) is 0 Å². The minimum Gasteiger partial charge on any atom is -0.366 e. The van der Waals surface area contributed by atoms with Crippen LogP contribution in [0.25, 0.3) is 0 Å². The molecule has 0 bridgehead atoms. The first kappa shape index (κ1) is 23.2. The van der Waals surface area contributed by atoms with Crippen molar-refractivity contribution in [3.05, 3.63) is 95.1 Å². The summed E-state index contributed by atoms with van der Waals surface area (Å²) in [5, 5.41) is 6.14. The first-order valence-electron chi connectivity index (χ1n) is 12.6. The Morgan fingerprint density at radius 2 is 1.71 bits per heavy atom. The minimum atomic E-state index is -0.0998. The molecule has 1 fully saturated rings. The van der Waals surface area contributed by atoms with Crippen LogP contribution in [0.4, 0.5) is 11.4 Å². The van der Waals surface area contributed by atoms with E-state index in [1.54, 1.807) is 0 Å². The van der Waals surface area contributed by atoms with E-state index in [4.69, 9.17) is 0 Å². The van der Waals surface area contributed by atoms with Gasteiger partial charge in [0.1, 0.15) is 0 Å². The van der Waals surface area contributed by atoms with Crippen molar-refractivity contribution in [3.63, 3.8) is 0 Å². The third kappa shape index (κ3) is 5.24. The lowest BCUT2D eigenvalue weighted by Gasteiger charge is -2.32. The Bertz CT molecular complexity index is 1220. The van der Waals surface area contributed by atoms with Crippen molar-refractivity contribution < 1.29 is 9.59 Å². The van der Waals surface area contributed by atoms with Crippen LogP contribution in [0.1, 0.15) is 53.2 Å². The van der Waals surface area contributed by atoms with E-state index in [2.05, 4.69) is 65.8 Å². The quantitative estimate of drug-likeness (QED) is 0.491. The standard InChI is InChI=1S/C30H33N3O2/c1-20(2)18-31-29(34)27-16-24(32-30(35)26-17-25(26)22-9-4-3-5-10-22)12-13-28(27)33-15-14-21-8-6-7-11-23(21)19-33/h3-13,16,20,25-26H,14-15,17-19H2,1-2H3,(H,31,34)(H,32,35). The lowest BCUT2D eigenvalue weighted by molar-refractivity contribution is -0.117. The summed E-state index contributed by atoms with van der Waals surface area (Å²) in [6.07, 6.45) is 1.81. The third-order valence-electron chi connectivity index (χ3n) is 7.01. The fourth-order valence-corrected chi connectivity index (χ4v) is 4.95. The maximum Gasteiger partial charge on any atom is 0.253 e. The summed E-state index contributed by atoms with van der Waals surface area (Å²) >= 11 is 0. The number of nitrogens with one attached hydrogen (secondary N) is 2. The molecule has 5 heteroatoms. The molecule has 5 rings (SSSR count). The number of carbonyl (C=O) groups excluding carboxylic acids is 2. The highest BCUT2D eigenvalue weighted by Gasteiger charge is 2.43. The monoisotopic (exact) mass is 467 g/mol. The largest absolute Gasteiger partial charge is 0.366 e. The highest BCUT2D eigenvalue weighted by atomic mass is 16.2. The second-order valence-corrected chi connectivity index (χ2v) is 10.1. The van der Waals surface area contributed by atoms with Crippen LogP contribution in [0.5, 0.6) is 0 Å². The van der Waals surface area contributed by atoms with Crippen LogP contribution in [0.2, 0.25) is 0 Å². The van der Waals surface area contributed by atoms with E-state index in [-0.39, 0.29) is 23.7 Å². The van der Waals surface area contributed by atoms with Crippen molar-refractivity contribution in [2.24, 2.45) is 11.8 Å². The van der Waals surface area contributed by atoms with Crippen LogP contribution in [-0.4, -0.2) is 24.9 Å². The van der Waals surface area contributed by atoms with E-state index in [9.17, 15) is 9.59 Å². The Balaban J connectivity index is 1.35.